The first-order chi connectivity index (χ1) is 9.19. The van der Waals surface area contributed by atoms with E-state index >= 15 is 0 Å². The van der Waals surface area contributed by atoms with Gasteiger partial charge in [-0.25, -0.2) is 4.98 Å². The zero-order valence-corrected chi connectivity index (χ0v) is 13.6. The van der Waals surface area contributed by atoms with Crippen molar-refractivity contribution in [2.24, 2.45) is 0 Å². The van der Waals surface area contributed by atoms with Gasteiger partial charge < -0.3 is 10.2 Å². The molecule has 0 aliphatic rings. The number of thiophene rings is 1. The Hall–Kier alpha value is -0.910. The molecule has 0 aromatic carbocycles. The van der Waals surface area contributed by atoms with E-state index in [1.807, 2.05) is 6.20 Å². The van der Waals surface area contributed by atoms with Gasteiger partial charge >= 0.3 is 0 Å². The van der Waals surface area contributed by atoms with Crippen molar-refractivity contribution in [3.63, 3.8) is 0 Å². The molecule has 5 heteroatoms. The minimum atomic E-state index is 0.877. The van der Waals surface area contributed by atoms with Gasteiger partial charge in [-0.3, -0.25) is 0 Å². The highest BCUT2D eigenvalue weighted by atomic mass is 79.9. The van der Waals surface area contributed by atoms with Crippen molar-refractivity contribution >= 4 is 33.1 Å². The quantitative estimate of drug-likeness (QED) is 0.870. The van der Waals surface area contributed by atoms with Crippen molar-refractivity contribution in [2.45, 2.75) is 20.0 Å². The van der Waals surface area contributed by atoms with Gasteiger partial charge in [-0.1, -0.05) is 13.0 Å². The second-order valence-electron chi connectivity index (χ2n) is 4.42. The second-order valence-corrected chi connectivity index (χ2v) is 6.71. The van der Waals surface area contributed by atoms with Gasteiger partial charge in [-0.05, 0) is 51.1 Å². The molecule has 2 heterocycles. The third-order valence-corrected chi connectivity index (χ3v) is 4.37. The number of nitrogens with one attached hydrogen (secondary N) is 1. The van der Waals surface area contributed by atoms with Crippen LogP contribution in [0.15, 0.2) is 33.6 Å². The Kier molecular flexibility index (Phi) is 5.36. The van der Waals surface area contributed by atoms with E-state index in [9.17, 15) is 0 Å². The lowest BCUT2D eigenvalue weighted by Gasteiger charge is -2.17. The van der Waals surface area contributed by atoms with Crippen molar-refractivity contribution in [1.29, 1.82) is 0 Å². The molecular weight excluding hydrogens is 322 g/mol. The minimum absolute atomic E-state index is 0.877. The van der Waals surface area contributed by atoms with Crippen LogP contribution >= 0.6 is 27.3 Å². The van der Waals surface area contributed by atoms with E-state index in [0.717, 1.165) is 25.5 Å². The van der Waals surface area contributed by atoms with Gasteiger partial charge in [-0.2, -0.15) is 0 Å². The molecule has 2 aromatic heterocycles. The summed E-state index contributed by atoms with van der Waals surface area (Å²) in [6.07, 6.45) is 1.94. The molecule has 2 rings (SSSR count). The number of pyridine rings is 1. The summed E-state index contributed by atoms with van der Waals surface area (Å²) in [4.78, 5) is 6.67. The molecule has 102 valence electrons. The predicted molar refractivity (Wildman–Crippen MR) is 85.7 cm³/mol. The van der Waals surface area contributed by atoms with E-state index in [4.69, 9.17) is 0 Å². The first-order valence-electron chi connectivity index (χ1n) is 6.28. The fourth-order valence-corrected chi connectivity index (χ4v) is 3.00. The van der Waals surface area contributed by atoms with E-state index in [1.54, 1.807) is 11.3 Å². The Bertz CT molecular complexity index is 510. The Morgan fingerprint density at radius 3 is 2.79 bits per heavy atom. The van der Waals surface area contributed by atoms with Gasteiger partial charge in [0, 0.05) is 26.3 Å². The normalized spacial score (nSPS) is 10.7. The van der Waals surface area contributed by atoms with Gasteiger partial charge in [0.1, 0.15) is 5.82 Å². The standard InChI is InChI=1S/C14H18BrN3S/c1-3-16-7-11-4-5-14(17-8-11)18(2)9-12-6-13(15)19-10-12/h4-6,8,10,16H,3,7,9H2,1-2H3. The van der Waals surface area contributed by atoms with Crippen LogP contribution in [-0.2, 0) is 13.1 Å². The SMILES string of the molecule is CCNCc1ccc(N(C)Cc2csc(Br)c2)nc1. The van der Waals surface area contributed by atoms with E-state index < -0.39 is 0 Å². The van der Waals surface area contributed by atoms with Crippen LogP contribution in [0.5, 0.6) is 0 Å². The summed E-state index contributed by atoms with van der Waals surface area (Å²) in [5.74, 6) is 1.00. The summed E-state index contributed by atoms with van der Waals surface area (Å²) in [5, 5.41) is 5.47. The molecule has 0 aliphatic heterocycles. The Balaban J connectivity index is 1.97. The molecule has 0 saturated carbocycles. The molecule has 0 amide bonds. The van der Waals surface area contributed by atoms with Crippen LogP contribution in [-0.4, -0.2) is 18.6 Å². The Morgan fingerprint density at radius 1 is 1.37 bits per heavy atom. The first kappa shape index (κ1) is 14.5. The third-order valence-electron chi connectivity index (χ3n) is 2.82. The molecule has 0 saturated heterocycles. The molecule has 0 atom stereocenters. The zero-order chi connectivity index (χ0) is 13.7. The average molecular weight is 340 g/mol. The van der Waals surface area contributed by atoms with Crippen molar-refractivity contribution in [3.05, 3.63) is 44.7 Å². The van der Waals surface area contributed by atoms with Crippen LogP contribution in [0.25, 0.3) is 0 Å². The second kappa shape index (κ2) is 7.03. The third kappa shape index (κ3) is 4.30. The van der Waals surface area contributed by atoms with Gasteiger partial charge in [-0.15, -0.1) is 11.3 Å². The van der Waals surface area contributed by atoms with Gasteiger partial charge in [0.2, 0.25) is 0 Å². The zero-order valence-electron chi connectivity index (χ0n) is 11.2. The fourth-order valence-electron chi connectivity index (χ4n) is 1.80. The van der Waals surface area contributed by atoms with Crippen molar-refractivity contribution < 1.29 is 0 Å². The molecular formula is C14H18BrN3S. The van der Waals surface area contributed by atoms with Crippen LogP contribution < -0.4 is 10.2 Å². The molecule has 0 radical (unpaired) electrons. The lowest BCUT2D eigenvalue weighted by atomic mass is 10.2. The number of halogens is 1. The molecule has 0 fully saturated rings. The summed E-state index contributed by atoms with van der Waals surface area (Å²) in [6, 6.07) is 6.36. The first-order valence-corrected chi connectivity index (χ1v) is 7.96. The van der Waals surface area contributed by atoms with Gasteiger partial charge in [0.05, 0.1) is 3.79 Å². The highest BCUT2D eigenvalue weighted by Crippen LogP contribution is 2.22. The number of rotatable bonds is 6. The summed E-state index contributed by atoms with van der Waals surface area (Å²) in [7, 11) is 2.07. The highest BCUT2D eigenvalue weighted by Gasteiger charge is 2.05. The van der Waals surface area contributed by atoms with Crippen LogP contribution in [0.1, 0.15) is 18.1 Å². The van der Waals surface area contributed by atoms with Crippen LogP contribution in [0.3, 0.4) is 0 Å². The lowest BCUT2D eigenvalue weighted by Crippen LogP contribution is -2.17. The number of anilines is 1. The summed E-state index contributed by atoms with van der Waals surface area (Å²) in [5.41, 5.74) is 2.52. The van der Waals surface area contributed by atoms with Crippen LogP contribution in [0, 0.1) is 0 Å². The maximum absolute atomic E-state index is 4.51. The van der Waals surface area contributed by atoms with Crippen LogP contribution in [0.2, 0.25) is 0 Å². The highest BCUT2D eigenvalue weighted by molar-refractivity contribution is 9.11. The summed E-state index contributed by atoms with van der Waals surface area (Å²) >= 11 is 5.20. The molecule has 0 aliphatic carbocycles. The van der Waals surface area contributed by atoms with E-state index in [-0.39, 0.29) is 0 Å². The Morgan fingerprint density at radius 2 is 2.21 bits per heavy atom. The van der Waals surface area contributed by atoms with Crippen molar-refractivity contribution in [2.75, 3.05) is 18.5 Å². The number of nitrogens with zero attached hydrogens (tertiary/aromatic N) is 2. The number of hydrogen-bond acceptors (Lipinski definition) is 4. The topological polar surface area (TPSA) is 28.2 Å². The monoisotopic (exact) mass is 339 g/mol. The van der Waals surface area contributed by atoms with Gasteiger partial charge in [0.15, 0.2) is 0 Å². The molecule has 19 heavy (non-hydrogen) atoms. The Labute approximate surface area is 126 Å². The predicted octanol–water partition coefficient (Wildman–Crippen LogP) is 3.65. The molecule has 1 N–H and O–H groups in total. The fraction of sp³-hybridized carbons (Fsp3) is 0.357. The van der Waals surface area contributed by atoms with E-state index in [1.165, 1.54) is 14.9 Å². The molecule has 2 aromatic rings. The maximum Gasteiger partial charge on any atom is 0.128 e. The van der Waals surface area contributed by atoms with Gasteiger partial charge in [0.25, 0.3) is 0 Å². The summed E-state index contributed by atoms with van der Waals surface area (Å²) in [6.45, 7) is 4.84. The van der Waals surface area contributed by atoms with Crippen molar-refractivity contribution in [3.8, 4) is 0 Å². The van der Waals surface area contributed by atoms with E-state index in [0.29, 0.717) is 0 Å². The number of aromatic nitrogens is 1. The molecule has 3 nitrogen and oxygen atoms in total. The summed E-state index contributed by atoms with van der Waals surface area (Å²) < 4.78 is 1.17. The minimum Gasteiger partial charge on any atom is -0.355 e. The van der Waals surface area contributed by atoms with Crippen LogP contribution in [0.4, 0.5) is 5.82 Å². The smallest absolute Gasteiger partial charge is 0.128 e. The molecule has 0 unspecified atom stereocenters. The lowest BCUT2D eigenvalue weighted by molar-refractivity contribution is 0.724. The maximum atomic E-state index is 4.51. The average Bonchev–Trinajstić information content (AvgIpc) is 2.82. The largest absolute Gasteiger partial charge is 0.355 e. The number of hydrogen-bond donors (Lipinski definition) is 1. The van der Waals surface area contributed by atoms with Crippen molar-refractivity contribution in [1.82, 2.24) is 10.3 Å². The molecule has 0 bridgehead atoms. The van der Waals surface area contributed by atoms with E-state index in [2.05, 4.69) is 68.7 Å². The molecule has 0 spiro atoms.